The average Bonchev–Trinajstić information content (AvgIpc) is 3.02. The van der Waals surface area contributed by atoms with Gasteiger partial charge in [-0.25, -0.2) is 22.5 Å². The summed E-state index contributed by atoms with van der Waals surface area (Å²) < 4.78 is 64.8. The van der Waals surface area contributed by atoms with Crippen molar-refractivity contribution in [2.24, 2.45) is 5.73 Å². The van der Waals surface area contributed by atoms with Crippen LogP contribution >= 0.6 is 15.9 Å². The van der Waals surface area contributed by atoms with Crippen molar-refractivity contribution in [1.82, 2.24) is 4.98 Å². The molecule has 0 saturated heterocycles. The van der Waals surface area contributed by atoms with Crippen LogP contribution in [0.15, 0.2) is 39.4 Å². The summed E-state index contributed by atoms with van der Waals surface area (Å²) in [7, 11) is 0. The van der Waals surface area contributed by atoms with E-state index < -0.39 is 53.2 Å². The highest BCUT2D eigenvalue weighted by atomic mass is 79.9. The molecule has 2 aromatic carbocycles. The van der Waals surface area contributed by atoms with E-state index in [2.05, 4.69) is 20.9 Å². The first-order valence-electron chi connectivity index (χ1n) is 7.89. The molecule has 0 aliphatic rings. The highest BCUT2D eigenvalue weighted by Gasteiger charge is 2.24. The van der Waals surface area contributed by atoms with Crippen LogP contribution in [0, 0.1) is 23.3 Å². The quantitative estimate of drug-likeness (QED) is 0.528. The molecule has 0 saturated carbocycles. The SMILES string of the molecule is NC(=O)c1c(F)ccc(OCC(O)c2nc(-c3ccc(F)cc3F)c(Br)o2)c1F. The lowest BCUT2D eigenvalue weighted by atomic mass is 10.1. The molecule has 1 atom stereocenters. The third kappa shape index (κ3) is 4.25. The molecule has 29 heavy (non-hydrogen) atoms. The lowest BCUT2D eigenvalue weighted by Gasteiger charge is -2.11. The number of nitrogens with zero attached hydrogens (tertiary/aromatic N) is 1. The van der Waals surface area contributed by atoms with Crippen molar-refractivity contribution in [2.45, 2.75) is 6.10 Å². The second kappa shape index (κ2) is 8.21. The monoisotopic (exact) mass is 474 g/mol. The molecule has 0 radical (unpaired) electrons. The summed E-state index contributed by atoms with van der Waals surface area (Å²) in [6.07, 6.45) is -1.54. The molecule has 0 bridgehead atoms. The summed E-state index contributed by atoms with van der Waals surface area (Å²) in [4.78, 5) is 15.1. The Morgan fingerprint density at radius 2 is 1.93 bits per heavy atom. The second-order valence-corrected chi connectivity index (χ2v) is 6.44. The number of rotatable bonds is 6. The van der Waals surface area contributed by atoms with Crippen LogP contribution in [0.1, 0.15) is 22.4 Å². The van der Waals surface area contributed by atoms with Crippen molar-refractivity contribution in [3.05, 3.63) is 69.7 Å². The summed E-state index contributed by atoms with van der Waals surface area (Å²) in [6, 6.07) is 4.51. The molecule has 1 aromatic heterocycles. The summed E-state index contributed by atoms with van der Waals surface area (Å²) >= 11 is 3.02. The lowest BCUT2D eigenvalue weighted by molar-refractivity contribution is 0.0811. The van der Waals surface area contributed by atoms with Crippen LogP contribution in [0.2, 0.25) is 0 Å². The predicted molar refractivity (Wildman–Crippen MR) is 94.9 cm³/mol. The van der Waals surface area contributed by atoms with Gasteiger partial charge in [-0.15, -0.1) is 0 Å². The van der Waals surface area contributed by atoms with Gasteiger partial charge in [0.2, 0.25) is 5.89 Å². The second-order valence-electron chi connectivity index (χ2n) is 5.72. The van der Waals surface area contributed by atoms with Crippen LogP contribution < -0.4 is 10.5 Å². The van der Waals surface area contributed by atoms with Crippen molar-refractivity contribution in [3.63, 3.8) is 0 Å². The molecule has 3 rings (SSSR count). The van der Waals surface area contributed by atoms with E-state index in [-0.39, 0.29) is 21.8 Å². The maximum atomic E-state index is 14.1. The van der Waals surface area contributed by atoms with Crippen molar-refractivity contribution >= 4 is 21.8 Å². The number of hydrogen-bond donors (Lipinski definition) is 2. The summed E-state index contributed by atoms with van der Waals surface area (Å²) in [5.74, 6) is -6.34. The first kappa shape index (κ1) is 20.8. The summed E-state index contributed by atoms with van der Waals surface area (Å²) in [5.41, 5.74) is 3.81. The fourth-order valence-corrected chi connectivity index (χ4v) is 2.89. The first-order valence-corrected chi connectivity index (χ1v) is 8.68. The van der Waals surface area contributed by atoms with E-state index in [1.54, 1.807) is 0 Å². The molecule has 0 aliphatic heterocycles. The molecule has 152 valence electrons. The van der Waals surface area contributed by atoms with E-state index in [0.717, 1.165) is 24.3 Å². The Morgan fingerprint density at radius 1 is 1.21 bits per heavy atom. The summed E-state index contributed by atoms with van der Waals surface area (Å²) in [6.45, 7) is -0.598. The topological polar surface area (TPSA) is 98.6 Å². The Kier molecular flexibility index (Phi) is 5.89. The van der Waals surface area contributed by atoms with Crippen molar-refractivity contribution in [1.29, 1.82) is 0 Å². The van der Waals surface area contributed by atoms with E-state index in [9.17, 15) is 27.5 Å². The van der Waals surface area contributed by atoms with Gasteiger partial charge in [-0.1, -0.05) is 0 Å². The number of carbonyl (C=O) groups is 1. The van der Waals surface area contributed by atoms with Crippen LogP contribution in [0.5, 0.6) is 5.75 Å². The third-order valence-electron chi connectivity index (χ3n) is 3.77. The highest BCUT2D eigenvalue weighted by Crippen LogP contribution is 2.33. The Balaban J connectivity index is 1.80. The van der Waals surface area contributed by atoms with E-state index >= 15 is 0 Å². The molecule has 0 fully saturated rings. The average molecular weight is 475 g/mol. The maximum absolute atomic E-state index is 14.1. The zero-order valence-electron chi connectivity index (χ0n) is 14.3. The molecule has 0 spiro atoms. The van der Waals surface area contributed by atoms with Crippen LogP contribution in [0.4, 0.5) is 17.6 Å². The van der Waals surface area contributed by atoms with Gasteiger partial charge in [-0.2, -0.15) is 0 Å². The first-order chi connectivity index (χ1) is 13.7. The molecular weight excluding hydrogens is 464 g/mol. The van der Waals surface area contributed by atoms with Crippen molar-refractivity contribution in [3.8, 4) is 17.0 Å². The van der Waals surface area contributed by atoms with Gasteiger partial charge in [0.15, 0.2) is 22.3 Å². The Morgan fingerprint density at radius 3 is 2.59 bits per heavy atom. The molecular formula is C18H11BrF4N2O4. The van der Waals surface area contributed by atoms with E-state index in [1.807, 2.05) is 0 Å². The number of oxazole rings is 1. The smallest absolute Gasteiger partial charge is 0.254 e. The van der Waals surface area contributed by atoms with Gasteiger partial charge in [0.1, 0.15) is 35.3 Å². The number of amides is 1. The number of primary amides is 1. The number of hydrogen-bond acceptors (Lipinski definition) is 5. The Bertz CT molecular complexity index is 1090. The largest absolute Gasteiger partial charge is 0.487 e. The number of ether oxygens (including phenoxy) is 1. The van der Waals surface area contributed by atoms with Crippen LogP contribution in [0.25, 0.3) is 11.3 Å². The van der Waals surface area contributed by atoms with Gasteiger partial charge in [0, 0.05) is 11.6 Å². The molecule has 1 amide bonds. The molecule has 11 heteroatoms. The van der Waals surface area contributed by atoms with Crippen LogP contribution in [-0.2, 0) is 0 Å². The van der Waals surface area contributed by atoms with Gasteiger partial charge in [-0.3, -0.25) is 4.79 Å². The maximum Gasteiger partial charge on any atom is 0.254 e. The minimum atomic E-state index is -1.54. The number of aromatic nitrogens is 1. The van der Waals surface area contributed by atoms with Crippen LogP contribution in [0.3, 0.4) is 0 Å². The Hall–Kier alpha value is -2.92. The van der Waals surface area contributed by atoms with Gasteiger partial charge >= 0.3 is 0 Å². The summed E-state index contributed by atoms with van der Waals surface area (Å²) in [5, 5.41) is 10.2. The number of aliphatic hydroxyl groups is 1. The van der Waals surface area contributed by atoms with Crippen molar-refractivity contribution in [2.75, 3.05) is 6.61 Å². The molecule has 0 aliphatic carbocycles. The highest BCUT2D eigenvalue weighted by molar-refractivity contribution is 9.10. The Labute approximate surface area is 169 Å². The van der Waals surface area contributed by atoms with Gasteiger partial charge < -0.3 is 20.0 Å². The molecule has 3 N–H and O–H groups in total. The van der Waals surface area contributed by atoms with Gasteiger partial charge in [-0.05, 0) is 40.2 Å². The van der Waals surface area contributed by atoms with Crippen molar-refractivity contribution < 1.29 is 36.6 Å². The van der Waals surface area contributed by atoms with E-state index in [0.29, 0.717) is 6.07 Å². The zero-order valence-corrected chi connectivity index (χ0v) is 15.8. The number of benzene rings is 2. The number of nitrogens with two attached hydrogens (primary N) is 1. The molecule has 1 heterocycles. The number of carbonyl (C=O) groups excluding carboxylic acids is 1. The van der Waals surface area contributed by atoms with Crippen LogP contribution in [-0.4, -0.2) is 22.6 Å². The molecule has 1 unspecified atom stereocenters. The normalized spacial score (nSPS) is 12.1. The van der Waals surface area contributed by atoms with Gasteiger partial charge in [0.25, 0.3) is 5.91 Å². The lowest BCUT2D eigenvalue weighted by Crippen LogP contribution is -2.17. The minimum Gasteiger partial charge on any atom is -0.487 e. The molecule has 6 nitrogen and oxygen atoms in total. The number of halogens is 5. The third-order valence-corrected chi connectivity index (χ3v) is 4.31. The van der Waals surface area contributed by atoms with E-state index in [1.165, 1.54) is 0 Å². The fraction of sp³-hybridized carbons (Fsp3) is 0.111. The standard InChI is InChI=1S/C18H11BrF4N2O4/c19-16-15(8-2-1-7(20)5-10(8)22)25-18(29-16)11(26)6-28-12-4-3-9(21)13(14(12)23)17(24)27/h1-5,11,26H,6H2,(H2,24,27). The van der Waals surface area contributed by atoms with Gasteiger partial charge in [0.05, 0.1) is 0 Å². The number of aliphatic hydroxyl groups excluding tert-OH is 1. The van der Waals surface area contributed by atoms with E-state index in [4.69, 9.17) is 14.9 Å². The predicted octanol–water partition coefficient (Wildman–Crippen LogP) is 3.87. The zero-order chi connectivity index (χ0) is 21.3. The fourth-order valence-electron chi connectivity index (χ4n) is 2.42. The minimum absolute atomic E-state index is 0.0407. The molecule has 3 aromatic rings.